The summed E-state index contributed by atoms with van der Waals surface area (Å²) in [5.41, 5.74) is 0. The van der Waals surface area contributed by atoms with Gasteiger partial charge in [0.25, 0.3) is 0 Å². The van der Waals surface area contributed by atoms with Crippen molar-refractivity contribution in [1.82, 2.24) is 4.90 Å². The summed E-state index contributed by atoms with van der Waals surface area (Å²) in [4.78, 5) is 2.79. The van der Waals surface area contributed by atoms with Gasteiger partial charge in [-0.2, -0.15) is 12.6 Å². The lowest BCUT2D eigenvalue weighted by Crippen LogP contribution is -2.35. The zero-order valence-corrected chi connectivity index (χ0v) is 14.0. The molecule has 1 aliphatic rings. The number of hydrogen-bond donors (Lipinski definition) is 1. The van der Waals surface area contributed by atoms with E-state index in [9.17, 15) is 0 Å². The van der Waals surface area contributed by atoms with Crippen molar-refractivity contribution in [3.05, 3.63) is 0 Å². The molecule has 0 bridgehead atoms. The van der Waals surface area contributed by atoms with E-state index >= 15 is 0 Å². The van der Waals surface area contributed by atoms with Crippen molar-refractivity contribution in [3.8, 4) is 0 Å². The van der Waals surface area contributed by atoms with Crippen LogP contribution in [0.1, 0.15) is 84.0 Å². The Kier molecular flexibility index (Phi) is 11.0. The van der Waals surface area contributed by atoms with Gasteiger partial charge in [-0.05, 0) is 50.9 Å². The Hall–Kier alpha value is 0.310. The summed E-state index contributed by atoms with van der Waals surface area (Å²) in [7, 11) is 0. The molecule has 1 aliphatic heterocycles. The Labute approximate surface area is 126 Å². The highest BCUT2D eigenvalue weighted by atomic mass is 32.1. The van der Waals surface area contributed by atoms with Crippen molar-refractivity contribution in [2.45, 2.75) is 90.0 Å². The van der Waals surface area contributed by atoms with E-state index in [1.807, 2.05) is 0 Å². The molecule has 0 spiro atoms. The molecule has 0 aromatic heterocycles. The minimum atomic E-state index is 0.887. The van der Waals surface area contributed by atoms with Crippen molar-refractivity contribution >= 4 is 12.6 Å². The van der Waals surface area contributed by atoms with Crippen molar-refractivity contribution < 1.29 is 0 Å². The van der Waals surface area contributed by atoms with Gasteiger partial charge in [0.05, 0.1) is 0 Å². The zero-order chi connectivity index (χ0) is 13.8. The van der Waals surface area contributed by atoms with Gasteiger partial charge in [0.1, 0.15) is 0 Å². The maximum Gasteiger partial charge on any atom is 0.00926 e. The summed E-state index contributed by atoms with van der Waals surface area (Å²) in [5.74, 6) is 1.06. The van der Waals surface area contributed by atoms with Crippen LogP contribution in [-0.4, -0.2) is 29.8 Å². The van der Waals surface area contributed by atoms with E-state index < -0.39 is 0 Å². The van der Waals surface area contributed by atoms with Crippen molar-refractivity contribution in [2.75, 3.05) is 18.8 Å². The minimum absolute atomic E-state index is 0.887. The molecule has 1 nitrogen and oxygen atoms in total. The van der Waals surface area contributed by atoms with Crippen LogP contribution in [-0.2, 0) is 0 Å². The third kappa shape index (κ3) is 8.24. The van der Waals surface area contributed by atoms with E-state index in [1.54, 1.807) is 0 Å². The second kappa shape index (κ2) is 12.1. The molecular weight excluding hydrogens is 250 g/mol. The van der Waals surface area contributed by atoms with Crippen molar-refractivity contribution in [2.24, 2.45) is 0 Å². The maximum atomic E-state index is 4.26. The maximum absolute atomic E-state index is 4.26. The highest BCUT2D eigenvalue weighted by molar-refractivity contribution is 7.80. The highest BCUT2D eigenvalue weighted by Gasteiger charge is 2.18. The van der Waals surface area contributed by atoms with Gasteiger partial charge < -0.3 is 4.90 Å². The van der Waals surface area contributed by atoms with Gasteiger partial charge in [-0.3, -0.25) is 0 Å². The molecule has 0 aromatic carbocycles. The van der Waals surface area contributed by atoms with E-state index in [0.29, 0.717) is 0 Å². The smallest absolute Gasteiger partial charge is 0.00926 e. The van der Waals surface area contributed by atoms with Crippen molar-refractivity contribution in [1.29, 1.82) is 0 Å². The number of unbranched alkanes of at least 4 members (excludes halogenated alkanes) is 6. The molecule has 0 aliphatic carbocycles. The summed E-state index contributed by atoms with van der Waals surface area (Å²) in [6.07, 6.45) is 17.0. The first-order chi connectivity index (χ1) is 9.38. The van der Waals surface area contributed by atoms with E-state index in [-0.39, 0.29) is 0 Å². The first-order valence-electron chi connectivity index (χ1n) is 8.73. The van der Waals surface area contributed by atoms with E-state index in [1.165, 1.54) is 90.1 Å². The molecule has 1 unspecified atom stereocenters. The highest BCUT2D eigenvalue weighted by Crippen LogP contribution is 2.20. The van der Waals surface area contributed by atoms with E-state index in [4.69, 9.17) is 0 Å². The Bertz CT molecular complexity index is 196. The van der Waals surface area contributed by atoms with Crippen molar-refractivity contribution in [3.63, 3.8) is 0 Å². The number of rotatable bonds is 10. The number of thiol groups is 1. The Balaban J connectivity index is 2.00. The molecule has 1 heterocycles. The molecule has 0 N–H and O–H groups in total. The van der Waals surface area contributed by atoms with Gasteiger partial charge in [-0.15, -0.1) is 0 Å². The average Bonchev–Trinajstić information content (AvgIpc) is 2.66. The molecule has 1 rings (SSSR count). The lowest BCUT2D eigenvalue weighted by atomic mass is 10.1. The summed E-state index contributed by atoms with van der Waals surface area (Å²) >= 11 is 4.26. The van der Waals surface area contributed by atoms with Crippen LogP contribution in [0.3, 0.4) is 0 Å². The predicted octanol–water partition coefficient (Wildman–Crippen LogP) is 5.30. The lowest BCUT2D eigenvalue weighted by Gasteiger charge is -2.29. The normalized spacial score (nSPS) is 21.5. The Morgan fingerprint density at radius 3 is 2.26 bits per heavy atom. The molecule has 0 amide bonds. The van der Waals surface area contributed by atoms with Gasteiger partial charge in [0, 0.05) is 6.04 Å². The third-order valence-corrected chi connectivity index (χ3v) is 4.89. The third-order valence-electron chi connectivity index (χ3n) is 4.57. The predicted molar refractivity (Wildman–Crippen MR) is 90.3 cm³/mol. The molecule has 1 saturated heterocycles. The molecular formula is C17H35NS. The summed E-state index contributed by atoms with van der Waals surface area (Å²) in [6.45, 7) is 5.08. The van der Waals surface area contributed by atoms with Crippen LogP contribution in [0.2, 0.25) is 0 Å². The van der Waals surface area contributed by atoms with Gasteiger partial charge in [0.15, 0.2) is 0 Å². The summed E-state index contributed by atoms with van der Waals surface area (Å²) < 4.78 is 0. The van der Waals surface area contributed by atoms with Crippen LogP contribution in [0.5, 0.6) is 0 Å². The molecule has 1 atom stereocenters. The standard InChI is InChI=1S/C17H35NS/c1-2-17-13-9-8-11-15-18(17)14-10-6-4-3-5-7-12-16-19/h17,19H,2-16H2,1H3. The van der Waals surface area contributed by atoms with Crippen LogP contribution in [0, 0.1) is 0 Å². The Morgan fingerprint density at radius 1 is 0.895 bits per heavy atom. The summed E-state index contributed by atoms with van der Waals surface area (Å²) in [6, 6.07) is 0.887. The molecule has 19 heavy (non-hydrogen) atoms. The molecule has 0 saturated carbocycles. The fourth-order valence-corrected chi connectivity index (χ4v) is 3.53. The SMILES string of the molecule is CCC1CCCCCN1CCCCCCCCCS. The first-order valence-corrected chi connectivity index (χ1v) is 9.36. The summed E-state index contributed by atoms with van der Waals surface area (Å²) in [5, 5.41) is 0. The van der Waals surface area contributed by atoms with Crippen LogP contribution < -0.4 is 0 Å². The van der Waals surface area contributed by atoms with E-state index in [2.05, 4.69) is 24.5 Å². The molecule has 0 radical (unpaired) electrons. The van der Waals surface area contributed by atoms with Gasteiger partial charge in [0.2, 0.25) is 0 Å². The monoisotopic (exact) mass is 285 g/mol. The molecule has 2 heteroatoms. The zero-order valence-electron chi connectivity index (χ0n) is 13.1. The fourth-order valence-electron chi connectivity index (χ4n) is 3.30. The average molecular weight is 286 g/mol. The van der Waals surface area contributed by atoms with Crippen LogP contribution in [0.25, 0.3) is 0 Å². The number of hydrogen-bond acceptors (Lipinski definition) is 2. The van der Waals surface area contributed by atoms with Gasteiger partial charge in [-0.1, -0.05) is 51.9 Å². The number of nitrogens with zero attached hydrogens (tertiary/aromatic N) is 1. The van der Waals surface area contributed by atoms with Gasteiger partial charge >= 0.3 is 0 Å². The second-order valence-electron chi connectivity index (χ2n) is 6.15. The lowest BCUT2D eigenvalue weighted by molar-refractivity contribution is 0.190. The van der Waals surface area contributed by atoms with Crippen LogP contribution in [0.4, 0.5) is 0 Å². The van der Waals surface area contributed by atoms with Gasteiger partial charge in [-0.25, -0.2) is 0 Å². The minimum Gasteiger partial charge on any atom is -0.300 e. The quantitative estimate of drug-likeness (QED) is 0.421. The Morgan fingerprint density at radius 2 is 1.58 bits per heavy atom. The van der Waals surface area contributed by atoms with Crippen LogP contribution in [0.15, 0.2) is 0 Å². The van der Waals surface area contributed by atoms with E-state index in [0.717, 1.165) is 11.8 Å². The van der Waals surface area contributed by atoms with Crippen LogP contribution >= 0.6 is 12.6 Å². The largest absolute Gasteiger partial charge is 0.300 e. The first kappa shape index (κ1) is 17.4. The molecule has 0 aromatic rings. The topological polar surface area (TPSA) is 3.24 Å². The number of likely N-dealkylation sites (tertiary alicyclic amines) is 1. The fraction of sp³-hybridized carbons (Fsp3) is 1.00. The molecule has 1 fully saturated rings. The second-order valence-corrected chi connectivity index (χ2v) is 6.59. The molecule has 114 valence electrons.